The van der Waals surface area contributed by atoms with Crippen molar-refractivity contribution in [3.8, 4) is 11.8 Å². The van der Waals surface area contributed by atoms with Gasteiger partial charge in [0.15, 0.2) is 5.76 Å². The minimum atomic E-state index is -0.613. The Morgan fingerprint density at radius 2 is 2.03 bits per heavy atom. The quantitative estimate of drug-likeness (QED) is 0.347. The van der Waals surface area contributed by atoms with Crippen LogP contribution in [-0.4, -0.2) is 10.8 Å². The third-order valence-corrected chi connectivity index (χ3v) is 5.16. The molecule has 8 nitrogen and oxygen atoms in total. The van der Waals surface area contributed by atoms with E-state index in [1.54, 1.807) is 6.07 Å². The monoisotopic (exact) mass is 453 g/mol. The number of aryl methyl sites for hydroxylation is 1. The first-order valence-electron chi connectivity index (χ1n) is 9.71. The van der Waals surface area contributed by atoms with Gasteiger partial charge in [-0.05, 0) is 54.3 Å². The van der Waals surface area contributed by atoms with Gasteiger partial charge in [0.05, 0.1) is 16.2 Å². The molecule has 1 aromatic heterocycles. The largest absolute Gasteiger partial charge is 0.485 e. The Morgan fingerprint density at radius 1 is 1.28 bits per heavy atom. The van der Waals surface area contributed by atoms with Gasteiger partial charge in [0.1, 0.15) is 24.2 Å². The van der Waals surface area contributed by atoms with Crippen molar-refractivity contribution in [1.29, 1.82) is 5.26 Å². The highest BCUT2D eigenvalue weighted by Gasteiger charge is 2.17. The topological polar surface area (TPSA) is 118 Å². The zero-order valence-corrected chi connectivity index (χ0v) is 18.4. The van der Waals surface area contributed by atoms with Crippen LogP contribution in [0.2, 0.25) is 5.02 Å². The molecule has 1 N–H and O–H groups in total. The molecular formula is C23H20ClN3O5. The molecule has 0 fully saturated rings. The van der Waals surface area contributed by atoms with Crippen LogP contribution in [0.1, 0.15) is 52.8 Å². The number of carbonyl (C=O) groups is 1. The molecule has 9 heteroatoms. The Bertz CT molecular complexity index is 1230. The fourth-order valence-electron chi connectivity index (χ4n) is 3.00. The van der Waals surface area contributed by atoms with Crippen molar-refractivity contribution in [2.24, 2.45) is 0 Å². The highest BCUT2D eigenvalue weighted by molar-refractivity contribution is 6.31. The molecule has 0 aliphatic rings. The molecule has 32 heavy (non-hydrogen) atoms. The first-order valence-corrected chi connectivity index (χ1v) is 10.1. The number of non-ortho nitro benzene ring substituents is 1. The Morgan fingerprint density at radius 3 is 2.69 bits per heavy atom. The summed E-state index contributed by atoms with van der Waals surface area (Å²) in [5.74, 6) is 0.751. The minimum Gasteiger partial charge on any atom is -0.485 e. The van der Waals surface area contributed by atoms with Crippen LogP contribution in [0.25, 0.3) is 0 Å². The molecule has 2 aromatic carbocycles. The number of benzene rings is 2. The van der Waals surface area contributed by atoms with Crippen molar-refractivity contribution in [1.82, 2.24) is 0 Å². The van der Waals surface area contributed by atoms with E-state index in [9.17, 15) is 20.2 Å². The minimum absolute atomic E-state index is 0.0159. The van der Waals surface area contributed by atoms with Gasteiger partial charge in [-0.1, -0.05) is 25.4 Å². The average molecular weight is 454 g/mol. The summed E-state index contributed by atoms with van der Waals surface area (Å²) in [5, 5.41) is 23.3. The molecule has 0 unspecified atom stereocenters. The third-order valence-electron chi connectivity index (χ3n) is 4.75. The Balaban J connectivity index is 1.72. The van der Waals surface area contributed by atoms with Crippen molar-refractivity contribution in [2.45, 2.75) is 33.3 Å². The number of nitro benzene ring substituents is 1. The molecule has 0 saturated heterocycles. The van der Waals surface area contributed by atoms with Gasteiger partial charge in [0, 0.05) is 17.2 Å². The molecule has 0 spiro atoms. The van der Waals surface area contributed by atoms with E-state index in [1.807, 2.05) is 39.0 Å². The first-order chi connectivity index (χ1) is 15.2. The maximum Gasteiger partial charge on any atom is 0.291 e. The van der Waals surface area contributed by atoms with Crippen LogP contribution >= 0.6 is 11.6 Å². The number of hydrogen-bond acceptors (Lipinski definition) is 6. The fraction of sp³-hybridized carbons (Fsp3) is 0.217. The van der Waals surface area contributed by atoms with Gasteiger partial charge in [0.2, 0.25) is 0 Å². The summed E-state index contributed by atoms with van der Waals surface area (Å²) < 4.78 is 11.5. The van der Waals surface area contributed by atoms with Crippen molar-refractivity contribution in [2.75, 3.05) is 5.32 Å². The number of hydrogen-bond donors (Lipinski definition) is 1. The number of furan rings is 1. The van der Waals surface area contributed by atoms with Crippen molar-refractivity contribution in [3.05, 3.63) is 85.8 Å². The summed E-state index contributed by atoms with van der Waals surface area (Å²) in [6.45, 7) is 6.07. The van der Waals surface area contributed by atoms with Gasteiger partial charge in [0.25, 0.3) is 11.6 Å². The predicted octanol–water partition coefficient (Wildman–Crippen LogP) is 5.98. The summed E-state index contributed by atoms with van der Waals surface area (Å²) in [5.41, 5.74) is 1.74. The van der Waals surface area contributed by atoms with E-state index in [2.05, 4.69) is 5.32 Å². The third kappa shape index (κ3) is 5.07. The number of anilines is 1. The SMILES string of the molecule is Cc1cc(OCc2ccc(C(=O)Nc3ccc([N+](=O)[O-])cc3C#N)o2)c(C(C)C)cc1Cl. The lowest BCUT2D eigenvalue weighted by Gasteiger charge is -2.15. The normalized spacial score (nSPS) is 10.6. The predicted molar refractivity (Wildman–Crippen MR) is 119 cm³/mol. The maximum absolute atomic E-state index is 12.5. The number of nitro groups is 1. The van der Waals surface area contributed by atoms with Crippen LogP contribution in [0.15, 0.2) is 46.9 Å². The van der Waals surface area contributed by atoms with Crippen LogP contribution in [-0.2, 0) is 6.61 Å². The van der Waals surface area contributed by atoms with Gasteiger partial charge in [-0.25, -0.2) is 0 Å². The van der Waals surface area contributed by atoms with Crippen LogP contribution in [0.4, 0.5) is 11.4 Å². The van der Waals surface area contributed by atoms with Crippen molar-refractivity contribution < 1.29 is 18.9 Å². The fourth-order valence-corrected chi connectivity index (χ4v) is 3.18. The lowest BCUT2D eigenvalue weighted by molar-refractivity contribution is -0.384. The second-order valence-corrected chi connectivity index (χ2v) is 7.81. The molecule has 0 radical (unpaired) electrons. The maximum atomic E-state index is 12.5. The van der Waals surface area contributed by atoms with Crippen molar-refractivity contribution in [3.63, 3.8) is 0 Å². The summed E-state index contributed by atoms with van der Waals surface area (Å²) in [6, 6.07) is 12.3. The lowest BCUT2D eigenvalue weighted by atomic mass is 10.0. The number of rotatable bonds is 7. The number of carbonyl (C=O) groups excluding carboxylic acids is 1. The van der Waals surface area contributed by atoms with E-state index in [4.69, 9.17) is 20.8 Å². The highest BCUT2D eigenvalue weighted by Crippen LogP contribution is 2.32. The van der Waals surface area contributed by atoms with Crippen LogP contribution in [0.5, 0.6) is 5.75 Å². The molecule has 0 aliphatic carbocycles. The van der Waals surface area contributed by atoms with E-state index in [0.29, 0.717) is 16.5 Å². The number of halogens is 1. The van der Waals surface area contributed by atoms with E-state index in [-0.39, 0.29) is 35.2 Å². The Labute approximate surface area is 189 Å². The molecule has 0 saturated carbocycles. The standard InChI is InChI=1S/C23H20ClN3O5/c1-13(2)18-10-19(24)14(3)8-22(18)31-12-17-5-7-21(32-17)23(28)26-20-6-4-16(27(29)30)9-15(20)11-25/h4-10,13H,12H2,1-3H3,(H,26,28). The number of nitrogens with zero attached hydrogens (tertiary/aromatic N) is 2. The molecule has 3 aromatic rings. The Kier molecular flexibility index (Phi) is 6.81. The molecule has 0 atom stereocenters. The molecule has 3 rings (SSSR count). The molecule has 164 valence electrons. The van der Waals surface area contributed by atoms with E-state index in [1.165, 1.54) is 18.2 Å². The molecule has 0 aliphatic heterocycles. The van der Waals surface area contributed by atoms with Gasteiger partial charge in [-0.2, -0.15) is 5.26 Å². The summed E-state index contributed by atoms with van der Waals surface area (Å²) in [4.78, 5) is 22.8. The van der Waals surface area contributed by atoms with Crippen LogP contribution in [0.3, 0.4) is 0 Å². The van der Waals surface area contributed by atoms with Crippen molar-refractivity contribution >= 4 is 28.9 Å². The summed E-state index contributed by atoms with van der Waals surface area (Å²) in [7, 11) is 0. The number of nitrogens with one attached hydrogen (secondary N) is 1. The van der Waals surface area contributed by atoms with E-state index >= 15 is 0 Å². The van der Waals surface area contributed by atoms with E-state index in [0.717, 1.165) is 17.2 Å². The van der Waals surface area contributed by atoms with E-state index < -0.39 is 10.8 Å². The molecule has 1 amide bonds. The summed E-state index contributed by atoms with van der Waals surface area (Å²) >= 11 is 6.23. The van der Waals surface area contributed by atoms with Gasteiger partial charge >= 0.3 is 0 Å². The number of nitriles is 1. The summed E-state index contributed by atoms with van der Waals surface area (Å²) in [6.07, 6.45) is 0. The zero-order chi connectivity index (χ0) is 23.4. The molecule has 1 heterocycles. The average Bonchev–Trinajstić information content (AvgIpc) is 3.23. The lowest BCUT2D eigenvalue weighted by Crippen LogP contribution is -2.12. The van der Waals surface area contributed by atoms with Gasteiger partial charge in [-0.3, -0.25) is 14.9 Å². The van der Waals surface area contributed by atoms with Crippen LogP contribution < -0.4 is 10.1 Å². The Hall–Kier alpha value is -3.83. The van der Waals surface area contributed by atoms with Gasteiger partial charge in [-0.15, -0.1) is 0 Å². The molecular weight excluding hydrogens is 434 g/mol. The van der Waals surface area contributed by atoms with Crippen LogP contribution in [0, 0.1) is 28.4 Å². The number of amides is 1. The highest BCUT2D eigenvalue weighted by atomic mass is 35.5. The van der Waals surface area contributed by atoms with Gasteiger partial charge < -0.3 is 14.5 Å². The second-order valence-electron chi connectivity index (χ2n) is 7.40. The second kappa shape index (κ2) is 9.54. The zero-order valence-electron chi connectivity index (χ0n) is 17.6. The smallest absolute Gasteiger partial charge is 0.291 e. The number of ether oxygens (including phenoxy) is 1. The first kappa shape index (κ1) is 22.8. The molecule has 0 bridgehead atoms.